The van der Waals surface area contributed by atoms with Gasteiger partial charge in [0.15, 0.2) is 0 Å². The number of carbonyl (C=O) groups excluding carboxylic acids is 1. The summed E-state index contributed by atoms with van der Waals surface area (Å²) < 4.78 is 0. The molecule has 2 rings (SSSR count). The van der Waals surface area contributed by atoms with E-state index >= 15 is 0 Å². The Morgan fingerprint density at radius 3 is 2.52 bits per heavy atom. The number of aliphatic carboxylic acids is 1. The Bertz CT molecular complexity index is 829. The zero-order chi connectivity index (χ0) is 18.6. The van der Waals surface area contributed by atoms with Gasteiger partial charge in [-0.3, -0.25) is 9.59 Å². The van der Waals surface area contributed by atoms with E-state index in [1.54, 1.807) is 0 Å². The van der Waals surface area contributed by atoms with Crippen molar-refractivity contribution in [2.45, 2.75) is 33.6 Å². The highest BCUT2D eigenvalue weighted by Gasteiger charge is 2.18. The fourth-order valence-electron chi connectivity index (χ4n) is 2.57. The van der Waals surface area contributed by atoms with Crippen LogP contribution in [0.25, 0.3) is 0 Å². The van der Waals surface area contributed by atoms with Gasteiger partial charge in [0.2, 0.25) is 5.91 Å². The van der Waals surface area contributed by atoms with Gasteiger partial charge in [0.25, 0.3) is 0 Å². The van der Waals surface area contributed by atoms with E-state index in [9.17, 15) is 9.59 Å². The maximum Gasteiger partial charge on any atom is 0.303 e. The monoisotopic (exact) mass is 338 g/mol. The number of carboxylic acid groups (broad SMARTS) is 1. The van der Waals surface area contributed by atoms with Crippen LogP contribution in [0.2, 0.25) is 0 Å². The van der Waals surface area contributed by atoms with Crippen LogP contribution in [0.4, 0.5) is 5.69 Å². The van der Waals surface area contributed by atoms with E-state index < -0.39 is 5.97 Å². The summed E-state index contributed by atoms with van der Waals surface area (Å²) in [5.41, 5.74) is 5.76. The van der Waals surface area contributed by atoms with Crippen LogP contribution >= 0.6 is 0 Å². The first-order valence-electron chi connectivity index (χ1n) is 8.03. The SMILES string of the molecule is C=C1C=C(C)C=C(NC(=O)CCC(=O)O)C1=Nc1ccc(C)cc1C. The Hall–Kier alpha value is -2.95. The Labute approximate surface area is 147 Å². The van der Waals surface area contributed by atoms with Gasteiger partial charge in [-0.15, -0.1) is 0 Å². The lowest BCUT2D eigenvalue weighted by Crippen LogP contribution is -2.29. The quantitative estimate of drug-likeness (QED) is 0.858. The summed E-state index contributed by atoms with van der Waals surface area (Å²) >= 11 is 0. The Morgan fingerprint density at radius 2 is 1.88 bits per heavy atom. The van der Waals surface area contributed by atoms with Gasteiger partial charge in [0.1, 0.15) is 0 Å². The summed E-state index contributed by atoms with van der Waals surface area (Å²) in [7, 11) is 0. The predicted octanol–water partition coefficient (Wildman–Crippen LogP) is 3.76. The number of amides is 1. The highest BCUT2D eigenvalue weighted by molar-refractivity contribution is 6.17. The molecular weight excluding hydrogens is 316 g/mol. The number of rotatable bonds is 5. The molecular formula is C20H22N2O3. The maximum absolute atomic E-state index is 12.0. The van der Waals surface area contributed by atoms with Crippen LogP contribution in [0.1, 0.15) is 30.9 Å². The zero-order valence-corrected chi connectivity index (χ0v) is 14.7. The first kappa shape index (κ1) is 18.4. The van der Waals surface area contributed by atoms with Gasteiger partial charge >= 0.3 is 5.97 Å². The van der Waals surface area contributed by atoms with E-state index in [2.05, 4.69) is 16.9 Å². The van der Waals surface area contributed by atoms with Crippen LogP contribution in [-0.4, -0.2) is 22.7 Å². The molecule has 0 fully saturated rings. The molecule has 0 radical (unpaired) electrons. The molecule has 0 saturated carbocycles. The third-order valence-corrected chi connectivity index (χ3v) is 3.76. The van der Waals surface area contributed by atoms with Crippen molar-refractivity contribution in [1.82, 2.24) is 5.32 Å². The molecule has 1 aliphatic rings. The van der Waals surface area contributed by atoms with Crippen LogP contribution in [0.15, 0.2) is 58.8 Å². The minimum atomic E-state index is -1.00. The van der Waals surface area contributed by atoms with Gasteiger partial charge < -0.3 is 10.4 Å². The van der Waals surface area contributed by atoms with Crippen LogP contribution in [0.3, 0.4) is 0 Å². The van der Waals surface area contributed by atoms with E-state index in [0.29, 0.717) is 17.0 Å². The number of nitrogens with zero attached hydrogens (tertiary/aromatic N) is 1. The highest BCUT2D eigenvalue weighted by atomic mass is 16.4. The number of carbonyl (C=O) groups is 2. The molecule has 1 aromatic carbocycles. The van der Waals surface area contributed by atoms with Crippen molar-refractivity contribution in [1.29, 1.82) is 0 Å². The molecule has 2 N–H and O–H groups in total. The second kappa shape index (κ2) is 7.75. The van der Waals surface area contributed by atoms with Gasteiger partial charge in [-0.1, -0.05) is 30.4 Å². The molecule has 1 amide bonds. The smallest absolute Gasteiger partial charge is 0.303 e. The summed E-state index contributed by atoms with van der Waals surface area (Å²) in [6.07, 6.45) is 3.42. The van der Waals surface area contributed by atoms with Crippen molar-refractivity contribution >= 4 is 23.3 Å². The minimum Gasteiger partial charge on any atom is -0.481 e. The van der Waals surface area contributed by atoms with Crippen LogP contribution < -0.4 is 5.32 Å². The van der Waals surface area contributed by atoms with Gasteiger partial charge in [-0.05, 0) is 49.6 Å². The molecule has 0 bridgehead atoms. The average Bonchev–Trinajstić information content (AvgIpc) is 2.50. The summed E-state index contributed by atoms with van der Waals surface area (Å²) in [4.78, 5) is 27.3. The molecule has 0 aromatic heterocycles. The summed E-state index contributed by atoms with van der Waals surface area (Å²) in [6, 6.07) is 5.95. The fourth-order valence-corrected chi connectivity index (χ4v) is 2.57. The van der Waals surface area contributed by atoms with Crippen LogP contribution in [0, 0.1) is 13.8 Å². The summed E-state index contributed by atoms with van der Waals surface area (Å²) in [5.74, 6) is -1.36. The normalized spacial score (nSPS) is 15.6. The topological polar surface area (TPSA) is 78.8 Å². The Morgan fingerprint density at radius 1 is 1.16 bits per heavy atom. The Balaban J connectivity index is 2.32. The van der Waals surface area contributed by atoms with E-state index in [4.69, 9.17) is 5.11 Å². The number of allylic oxidation sites excluding steroid dienone is 4. The maximum atomic E-state index is 12.0. The lowest BCUT2D eigenvalue weighted by molar-refractivity contribution is -0.138. The molecule has 1 aromatic rings. The van der Waals surface area contributed by atoms with Crippen molar-refractivity contribution in [3.8, 4) is 0 Å². The summed E-state index contributed by atoms with van der Waals surface area (Å²) in [6.45, 7) is 9.93. The summed E-state index contributed by atoms with van der Waals surface area (Å²) in [5, 5.41) is 11.5. The number of hydrogen-bond donors (Lipinski definition) is 2. The number of aryl methyl sites for hydroxylation is 2. The lowest BCUT2D eigenvalue weighted by atomic mass is 9.98. The van der Waals surface area contributed by atoms with E-state index in [0.717, 1.165) is 22.4 Å². The van der Waals surface area contributed by atoms with Gasteiger partial charge in [-0.25, -0.2) is 4.99 Å². The number of hydrogen-bond acceptors (Lipinski definition) is 3. The van der Waals surface area contributed by atoms with Crippen LogP contribution in [-0.2, 0) is 9.59 Å². The molecule has 5 heteroatoms. The molecule has 0 aliphatic heterocycles. The fraction of sp³-hybridized carbons (Fsp3) is 0.250. The molecule has 5 nitrogen and oxygen atoms in total. The molecule has 0 heterocycles. The number of benzene rings is 1. The van der Waals surface area contributed by atoms with Gasteiger partial charge in [0, 0.05) is 6.42 Å². The average molecular weight is 338 g/mol. The lowest BCUT2D eigenvalue weighted by Gasteiger charge is -2.18. The molecule has 1 aliphatic carbocycles. The third kappa shape index (κ3) is 5.01. The largest absolute Gasteiger partial charge is 0.481 e. The molecule has 0 atom stereocenters. The molecule has 25 heavy (non-hydrogen) atoms. The molecule has 0 saturated heterocycles. The second-order valence-electron chi connectivity index (χ2n) is 6.16. The molecule has 0 unspecified atom stereocenters. The zero-order valence-electron chi connectivity index (χ0n) is 14.7. The van der Waals surface area contributed by atoms with Gasteiger partial charge in [-0.2, -0.15) is 0 Å². The second-order valence-corrected chi connectivity index (χ2v) is 6.16. The van der Waals surface area contributed by atoms with Crippen molar-refractivity contribution < 1.29 is 14.7 Å². The molecule has 130 valence electrons. The highest BCUT2D eigenvalue weighted by Crippen LogP contribution is 2.25. The number of nitrogens with one attached hydrogen (secondary N) is 1. The Kier molecular flexibility index (Phi) is 5.70. The number of carboxylic acids is 1. The van der Waals surface area contributed by atoms with Crippen molar-refractivity contribution in [2.24, 2.45) is 4.99 Å². The predicted molar refractivity (Wildman–Crippen MR) is 99.0 cm³/mol. The van der Waals surface area contributed by atoms with E-state index in [1.807, 2.05) is 51.1 Å². The number of aliphatic imine (C=N–C) groups is 1. The van der Waals surface area contributed by atoms with Crippen molar-refractivity contribution in [3.63, 3.8) is 0 Å². The van der Waals surface area contributed by atoms with E-state index in [1.165, 1.54) is 0 Å². The first-order chi connectivity index (χ1) is 11.8. The molecule has 0 spiro atoms. The minimum absolute atomic E-state index is 0.0846. The van der Waals surface area contributed by atoms with Gasteiger partial charge in [0.05, 0.1) is 23.5 Å². The van der Waals surface area contributed by atoms with Crippen LogP contribution in [0.5, 0.6) is 0 Å². The standard InChI is InChI=1S/C20H22N2O3/c1-12-5-6-16(14(3)9-12)22-20-15(4)10-13(2)11-17(20)21-18(23)7-8-19(24)25/h5-6,9-11H,4,7-8H2,1-3H3,(H,21,23)(H,24,25). The van der Waals surface area contributed by atoms with Crippen molar-refractivity contribution in [3.05, 3.63) is 64.9 Å². The first-order valence-corrected chi connectivity index (χ1v) is 8.03. The van der Waals surface area contributed by atoms with Crippen molar-refractivity contribution in [2.75, 3.05) is 0 Å². The van der Waals surface area contributed by atoms with E-state index in [-0.39, 0.29) is 18.7 Å². The third-order valence-electron chi connectivity index (χ3n) is 3.76.